The van der Waals surface area contributed by atoms with Gasteiger partial charge in [0.05, 0.1) is 0 Å². The number of ether oxygens (including phenoxy) is 4. The van der Waals surface area contributed by atoms with Crippen LogP contribution < -0.4 is 5.32 Å². The zero-order valence-electron chi connectivity index (χ0n) is 20.4. The smallest absolute Gasteiger partial charge is 0.303 e. The van der Waals surface area contributed by atoms with E-state index in [1.165, 1.54) is 32.4 Å². The molecule has 5 atom stereocenters. The largest absolute Gasteiger partial charge is 0.463 e. The van der Waals surface area contributed by atoms with Crippen LogP contribution in [-0.4, -0.2) is 74.1 Å². The molecule has 2 aromatic rings. The molecule has 0 bridgehead atoms. The highest BCUT2D eigenvalue weighted by Crippen LogP contribution is 2.33. The molecule has 1 fully saturated rings. The Bertz CT molecular complexity index is 1200. The fourth-order valence-electron chi connectivity index (χ4n) is 3.89. The van der Waals surface area contributed by atoms with Gasteiger partial charge in [-0.05, 0) is 24.4 Å². The van der Waals surface area contributed by atoms with Crippen molar-refractivity contribution in [1.29, 1.82) is 0 Å². The van der Waals surface area contributed by atoms with Gasteiger partial charge >= 0.3 is 17.9 Å². The van der Waals surface area contributed by atoms with Crippen molar-refractivity contribution < 1.29 is 38.1 Å². The van der Waals surface area contributed by atoms with Crippen LogP contribution in [-0.2, 0) is 45.2 Å². The molecule has 0 aliphatic carbocycles. The SMILES string of the molecule is CC(=O)N[C@@H]1[C@H](OC(C)=O)[C@H](OC(C)=O)[C@H](COC(C)=O)O[C@H]1n1nc(-c2ccncc2)n(C)c1=S. The third-order valence-corrected chi connectivity index (χ3v) is 5.73. The second kappa shape index (κ2) is 11.4. The number of esters is 3. The number of hydrogen-bond acceptors (Lipinski definition) is 11. The van der Waals surface area contributed by atoms with Crippen LogP contribution in [0.15, 0.2) is 24.5 Å². The normalized spacial score (nSPS) is 23.4. The number of nitrogens with one attached hydrogen (secondary N) is 1. The second-order valence-corrected chi connectivity index (χ2v) is 8.45. The predicted octanol–water partition coefficient (Wildman–Crippen LogP) is 0.842. The number of amides is 1. The van der Waals surface area contributed by atoms with Crippen molar-refractivity contribution in [3.05, 3.63) is 29.3 Å². The van der Waals surface area contributed by atoms with Crippen LogP contribution in [0.3, 0.4) is 0 Å². The molecule has 1 aliphatic heterocycles. The molecule has 0 spiro atoms. The molecule has 36 heavy (non-hydrogen) atoms. The molecule has 1 N–H and O–H groups in total. The predicted molar refractivity (Wildman–Crippen MR) is 125 cm³/mol. The van der Waals surface area contributed by atoms with E-state index in [1.54, 1.807) is 36.1 Å². The molecule has 0 radical (unpaired) electrons. The summed E-state index contributed by atoms with van der Waals surface area (Å²) in [5.41, 5.74) is 0.718. The van der Waals surface area contributed by atoms with Crippen molar-refractivity contribution in [2.75, 3.05) is 6.61 Å². The minimum Gasteiger partial charge on any atom is -0.463 e. The van der Waals surface area contributed by atoms with Crippen LogP contribution in [0.25, 0.3) is 11.4 Å². The second-order valence-electron chi connectivity index (χ2n) is 8.09. The van der Waals surface area contributed by atoms with Crippen LogP contribution in [0.5, 0.6) is 0 Å². The molecule has 1 amide bonds. The average Bonchev–Trinajstić information content (AvgIpc) is 3.09. The van der Waals surface area contributed by atoms with Gasteiger partial charge in [-0.2, -0.15) is 0 Å². The van der Waals surface area contributed by atoms with Crippen LogP contribution in [0, 0.1) is 4.77 Å². The van der Waals surface area contributed by atoms with Crippen molar-refractivity contribution >= 4 is 36.0 Å². The van der Waals surface area contributed by atoms with Crippen molar-refractivity contribution in [3.63, 3.8) is 0 Å². The zero-order valence-corrected chi connectivity index (χ0v) is 21.2. The molecule has 0 saturated carbocycles. The molecule has 1 aliphatic rings. The molecule has 14 heteroatoms. The Morgan fingerprint density at radius 3 is 2.19 bits per heavy atom. The van der Waals surface area contributed by atoms with E-state index in [2.05, 4.69) is 15.4 Å². The highest BCUT2D eigenvalue weighted by Gasteiger charge is 2.52. The van der Waals surface area contributed by atoms with E-state index >= 15 is 0 Å². The molecule has 2 aromatic heterocycles. The maximum absolute atomic E-state index is 12.2. The fraction of sp³-hybridized carbons (Fsp3) is 0.500. The summed E-state index contributed by atoms with van der Waals surface area (Å²) in [5.74, 6) is -1.97. The summed E-state index contributed by atoms with van der Waals surface area (Å²) in [5, 5.41) is 7.31. The van der Waals surface area contributed by atoms with E-state index in [0.717, 1.165) is 5.56 Å². The standard InChI is InChI=1S/C22H27N5O8S/c1-11(28)24-17-19(34-14(4)31)18(33-13(3)30)16(10-32-12(2)29)35-21(17)27-22(36)26(5)20(25-27)15-6-8-23-9-7-15/h6-9,16-19,21H,10H2,1-5H3,(H,24,28)/t16-,17+,18+,19-,21+/m0/s1. The Kier molecular flexibility index (Phi) is 8.53. The third kappa shape index (κ3) is 6.12. The Balaban J connectivity index is 2.15. The van der Waals surface area contributed by atoms with Crippen LogP contribution in [0.4, 0.5) is 0 Å². The first-order valence-corrected chi connectivity index (χ1v) is 11.4. The number of carbonyl (C=O) groups is 4. The van der Waals surface area contributed by atoms with Gasteiger partial charge in [-0.1, -0.05) is 0 Å². The summed E-state index contributed by atoms with van der Waals surface area (Å²) in [6.45, 7) is 4.50. The summed E-state index contributed by atoms with van der Waals surface area (Å²) < 4.78 is 25.5. The summed E-state index contributed by atoms with van der Waals surface area (Å²) in [4.78, 5) is 51.7. The lowest BCUT2D eigenvalue weighted by molar-refractivity contribution is -0.239. The van der Waals surface area contributed by atoms with Gasteiger partial charge in [0.15, 0.2) is 29.0 Å². The molecule has 0 unspecified atom stereocenters. The van der Waals surface area contributed by atoms with E-state index in [9.17, 15) is 19.2 Å². The van der Waals surface area contributed by atoms with E-state index in [0.29, 0.717) is 5.82 Å². The fourth-order valence-corrected chi connectivity index (χ4v) is 4.12. The third-order valence-electron chi connectivity index (χ3n) is 5.27. The monoisotopic (exact) mass is 521 g/mol. The van der Waals surface area contributed by atoms with E-state index in [-0.39, 0.29) is 11.4 Å². The molecule has 1 saturated heterocycles. The van der Waals surface area contributed by atoms with Crippen molar-refractivity contribution in [1.82, 2.24) is 24.6 Å². The summed E-state index contributed by atoms with van der Waals surface area (Å²) >= 11 is 5.61. The molecule has 3 heterocycles. The van der Waals surface area contributed by atoms with E-state index < -0.39 is 54.4 Å². The number of hydrogen-bond donors (Lipinski definition) is 1. The van der Waals surface area contributed by atoms with Crippen molar-refractivity contribution in [2.24, 2.45) is 7.05 Å². The minimum absolute atomic E-state index is 0.223. The van der Waals surface area contributed by atoms with Crippen LogP contribution in [0.2, 0.25) is 0 Å². The number of rotatable bonds is 7. The van der Waals surface area contributed by atoms with Crippen LogP contribution in [0.1, 0.15) is 33.9 Å². The van der Waals surface area contributed by atoms with Crippen molar-refractivity contribution in [2.45, 2.75) is 58.3 Å². The van der Waals surface area contributed by atoms with Gasteiger partial charge in [-0.3, -0.25) is 24.2 Å². The zero-order chi connectivity index (χ0) is 26.6. The highest BCUT2D eigenvalue weighted by molar-refractivity contribution is 7.71. The highest BCUT2D eigenvalue weighted by atomic mass is 32.1. The molecule has 3 rings (SSSR count). The van der Waals surface area contributed by atoms with Gasteiger partial charge in [0, 0.05) is 52.7 Å². The number of pyridine rings is 1. The van der Waals surface area contributed by atoms with E-state index in [1.807, 2.05) is 0 Å². The van der Waals surface area contributed by atoms with Gasteiger partial charge in [-0.25, -0.2) is 4.68 Å². The van der Waals surface area contributed by atoms with Gasteiger partial charge in [0.25, 0.3) is 0 Å². The number of nitrogens with zero attached hydrogens (tertiary/aromatic N) is 4. The first kappa shape index (κ1) is 26.9. The molecule has 0 aromatic carbocycles. The summed E-state index contributed by atoms with van der Waals surface area (Å²) in [7, 11) is 1.71. The lowest BCUT2D eigenvalue weighted by Gasteiger charge is -2.45. The Morgan fingerprint density at radius 2 is 1.64 bits per heavy atom. The van der Waals surface area contributed by atoms with Crippen molar-refractivity contribution in [3.8, 4) is 11.4 Å². The first-order chi connectivity index (χ1) is 17.0. The topological polar surface area (TPSA) is 153 Å². The molecular formula is C22H27N5O8S. The quantitative estimate of drug-likeness (QED) is 0.313. The summed E-state index contributed by atoms with van der Waals surface area (Å²) in [6, 6.07) is 2.42. The van der Waals surface area contributed by atoms with Gasteiger partial charge in [0.2, 0.25) is 5.91 Å². The van der Waals surface area contributed by atoms with Crippen LogP contribution >= 0.6 is 12.2 Å². The Hall–Kier alpha value is -3.65. The maximum Gasteiger partial charge on any atom is 0.303 e. The molecular weight excluding hydrogens is 494 g/mol. The minimum atomic E-state index is -1.22. The Labute approximate surface area is 211 Å². The Morgan fingerprint density at radius 1 is 1.03 bits per heavy atom. The lowest BCUT2D eigenvalue weighted by Crippen LogP contribution is -2.64. The van der Waals surface area contributed by atoms with Gasteiger partial charge in [0.1, 0.15) is 18.8 Å². The molecule has 194 valence electrons. The number of carbonyl (C=O) groups excluding carboxylic acids is 4. The lowest BCUT2D eigenvalue weighted by atomic mass is 9.95. The summed E-state index contributed by atoms with van der Waals surface area (Å²) in [6.07, 6.45) is -1.43. The van der Waals surface area contributed by atoms with E-state index in [4.69, 9.17) is 31.2 Å². The number of aromatic nitrogens is 4. The average molecular weight is 522 g/mol. The first-order valence-electron chi connectivity index (χ1n) is 11.0. The molecule has 13 nitrogen and oxygen atoms in total. The maximum atomic E-state index is 12.2. The van der Waals surface area contributed by atoms with Gasteiger partial charge < -0.3 is 28.8 Å². The van der Waals surface area contributed by atoms with Gasteiger partial charge in [-0.15, -0.1) is 5.10 Å².